The number of benzene rings is 1. The zero-order valence-electron chi connectivity index (χ0n) is 10.6. The number of hydrogen-bond acceptors (Lipinski definition) is 4. The molecule has 0 amide bonds. The standard InChI is InChI=1S/C13H15Cl2N3O/c1-7(2)8-3-12(18-17-6-8)19-13-10(14)4-9(16)5-11(13)15/h3-7,17-18H,16H2,1-2H3. The van der Waals surface area contributed by atoms with Gasteiger partial charge in [-0.1, -0.05) is 37.0 Å². The van der Waals surface area contributed by atoms with Gasteiger partial charge in [0.25, 0.3) is 0 Å². The van der Waals surface area contributed by atoms with Crippen molar-refractivity contribution in [2.75, 3.05) is 5.73 Å². The average molecular weight is 300 g/mol. The van der Waals surface area contributed by atoms with Crippen molar-refractivity contribution in [3.63, 3.8) is 0 Å². The molecule has 0 saturated heterocycles. The molecule has 4 nitrogen and oxygen atoms in total. The van der Waals surface area contributed by atoms with E-state index in [2.05, 4.69) is 24.7 Å². The number of nitrogens with one attached hydrogen (secondary N) is 2. The molecule has 1 heterocycles. The number of hydrogen-bond donors (Lipinski definition) is 3. The summed E-state index contributed by atoms with van der Waals surface area (Å²) in [6, 6.07) is 3.19. The molecule has 1 aromatic carbocycles. The Balaban J connectivity index is 2.25. The van der Waals surface area contributed by atoms with Crippen molar-refractivity contribution in [2.24, 2.45) is 5.92 Å². The third-order valence-electron chi connectivity index (χ3n) is 2.63. The number of hydrazine groups is 1. The second kappa shape index (κ2) is 5.63. The smallest absolute Gasteiger partial charge is 0.212 e. The first-order chi connectivity index (χ1) is 8.97. The number of allylic oxidation sites excluding steroid dienone is 2. The first-order valence-electron chi connectivity index (χ1n) is 5.83. The molecule has 0 aliphatic carbocycles. The lowest BCUT2D eigenvalue weighted by atomic mass is 10.0. The summed E-state index contributed by atoms with van der Waals surface area (Å²) in [5.74, 6) is 1.29. The lowest BCUT2D eigenvalue weighted by Crippen LogP contribution is -2.32. The fraction of sp³-hybridized carbons (Fsp3) is 0.231. The maximum absolute atomic E-state index is 6.07. The van der Waals surface area contributed by atoms with Crippen LogP contribution in [0.15, 0.2) is 35.9 Å². The van der Waals surface area contributed by atoms with Crippen molar-refractivity contribution < 1.29 is 4.74 Å². The van der Waals surface area contributed by atoms with Gasteiger partial charge < -0.3 is 15.9 Å². The van der Waals surface area contributed by atoms with Gasteiger partial charge in [0.2, 0.25) is 5.88 Å². The van der Waals surface area contributed by atoms with Crippen LogP contribution in [0.1, 0.15) is 13.8 Å². The topological polar surface area (TPSA) is 59.3 Å². The Morgan fingerprint density at radius 3 is 2.42 bits per heavy atom. The van der Waals surface area contributed by atoms with Crippen molar-refractivity contribution in [1.29, 1.82) is 0 Å². The van der Waals surface area contributed by atoms with Gasteiger partial charge in [-0.05, 0) is 23.6 Å². The largest absolute Gasteiger partial charge is 0.436 e. The van der Waals surface area contributed by atoms with Gasteiger partial charge in [-0.15, -0.1) is 0 Å². The quantitative estimate of drug-likeness (QED) is 0.748. The predicted molar refractivity (Wildman–Crippen MR) is 78.8 cm³/mol. The molecule has 0 fully saturated rings. The molecule has 6 heteroatoms. The number of halogens is 2. The van der Waals surface area contributed by atoms with Crippen molar-refractivity contribution in [3.8, 4) is 5.75 Å². The van der Waals surface area contributed by atoms with Crippen LogP contribution < -0.4 is 21.3 Å². The van der Waals surface area contributed by atoms with E-state index in [0.717, 1.165) is 5.57 Å². The molecule has 0 spiro atoms. The van der Waals surface area contributed by atoms with E-state index in [1.807, 2.05) is 12.3 Å². The van der Waals surface area contributed by atoms with Crippen molar-refractivity contribution >= 4 is 28.9 Å². The predicted octanol–water partition coefficient (Wildman–Crippen LogP) is 3.44. The minimum atomic E-state index is 0.369. The van der Waals surface area contributed by atoms with Crippen LogP contribution in [0.5, 0.6) is 5.75 Å². The van der Waals surface area contributed by atoms with Crippen LogP contribution in [-0.4, -0.2) is 0 Å². The van der Waals surface area contributed by atoms with Gasteiger partial charge in [-0.3, -0.25) is 5.43 Å². The van der Waals surface area contributed by atoms with Gasteiger partial charge in [-0.25, -0.2) is 0 Å². The Bertz CT molecular complexity index is 530. The normalized spacial score (nSPS) is 14.4. The van der Waals surface area contributed by atoms with Crippen LogP contribution in [0, 0.1) is 5.92 Å². The average Bonchev–Trinajstić information content (AvgIpc) is 2.34. The van der Waals surface area contributed by atoms with Gasteiger partial charge in [0.15, 0.2) is 5.75 Å². The zero-order chi connectivity index (χ0) is 14.0. The van der Waals surface area contributed by atoms with Gasteiger partial charge in [-0.2, -0.15) is 0 Å². The lowest BCUT2D eigenvalue weighted by Gasteiger charge is -2.20. The summed E-state index contributed by atoms with van der Waals surface area (Å²) in [5, 5.41) is 0.738. The van der Waals surface area contributed by atoms with Crippen LogP contribution in [0.25, 0.3) is 0 Å². The highest BCUT2D eigenvalue weighted by Gasteiger charge is 2.14. The molecule has 1 aliphatic rings. The van der Waals surface area contributed by atoms with E-state index in [1.54, 1.807) is 12.1 Å². The molecule has 0 unspecified atom stereocenters. The van der Waals surface area contributed by atoms with Crippen LogP contribution in [0.3, 0.4) is 0 Å². The summed E-state index contributed by atoms with van der Waals surface area (Å²) in [4.78, 5) is 0. The number of rotatable bonds is 3. The Morgan fingerprint density at radius 1 is 1.21 bits per heavy atom. The molecule has 0 aromatic heterocycles. The Kier molecular flexibility index (Phi) is 4.12. The number of nitrogens with two attached hydrogens (primary N) is 1. The summed E-state index contributed by atoms with van der Waals surface area (Å²) in [5.41, 5.74) is 13.1. The molecule has 0 radical (unpaired) electrons. The SMILES string of the molecule is CC(C)C1=CNNC(Oc2c(Cl)cc(N)cc2Cl)=C1. The summed E-state index contributed by atoms with van der Waals surface area (Å²) in [6.45, 7) is 4.19. The van der Waals surface area contributed by atoms with E-state index in [-0.39, 0.29) is 0 Å². The highest BCUT2D eigenvalue weighted by Crippen LogP contribution is 2.36. The molecular formula is C13H15Cl2N3O. The minimum Gasteiger partial charge on any atom is -0.436 e. The second-order valence-electron chi connectivity index (χ2n) is 4.49. The molecule has 1 aromatic rings. The molecule has 0 saturated carbocycles. The Labute approximate surface area is 122 Å². The van der Waals surface area contributed by atoms with Crippen molar-refractivity contribution in [1.82, 2.24) is 10.9 Å². The highest BCUT2D eigenvalue weighted by atomic mass is 35.5. The summed E-state index contributed by atoms with van der Waals surface area (Å²) >= 11 is 12.1. The van der Waals surface area contributed by atoms with Crippen LogP contribution >= 0.6 is 23.2 Å². The van der Waals surface area contributed by atoms with Gasteiger partial charge in [0.05, 0.1) is 10.0 Å². The van der Waals surface area contributed by atoms with E-state index in [4.69, 9.17) is 33.7 Å². The molecule has 102 valence electrons. The fourth-order valence-corrected chi connectivity index (χ4v) is 2.18. The van der Waals surface area contributed by atoms with Crippen molar-refractivity contribution in [3.05, 3.63) is 45.9 Å². The van der Waals surface area contributed by atoms with Gasteiger partial charge >= 0.3 is 0 Å². The first-order valence-corrected chi connectivity index (χ1v) is 6.58. The number of ether oxygens (including phenoxy) is 1. The van der Waals surface area contributed by atoms with Crippen molar-refractivity contribution in [2.45, 2.75) is 13.8 Å². The Morgan fingerprint density at radius 2 is 1.84 bits per heavy atom. The summed E-state index contributed by atoms with van der Waals surface area (Å²) in [7, 11) is 0. The maximum atomic E-state index is 6.07. The van der Waals surface area contributed by atoms with E-state index < -0.39 is 0 Å². The number of anilines is 1. The lowest BCUT2D eigenvalue weighted by molar-refractivity contribution is 0.362. The molecule has 19 heavy (non-hydrogen) atoms. The van der Waals surface area contributed by atoms with E-state index in [0.29, 0.717) is 33.3 Å². The molecule has 2 rings (SSSR count). The Hall–Kier alpha value is -1.52. The van der Waals surface area contributed by atoms with E-state index >= 15 is 0 Å². The van der Waals surface area contributed by atoms with Crippen LogP contribution in [0.2, 0.25) is 10.0 Å². The first kappa shape index (κ1) is 13.9. The van der Waals surface area contributed by atoms with Crippen LogP contribution in [0.4, 0.5) is 5.69 Å². The maximum Gasteiger partial charge on any atom is 0.212 e. The van der Waals surface area contributed by atoms with E-state index in [9.17, 15) is 0 Å². The summed E-state index contributed by atoms with van der Waals surface area (Å²) < 4.78 is 5.68. The fourth-order valence-electron chi connectivity index (χ4n) is 1.59. The second-order valence-corrected chi connectivity index (χ2v) is 5.31. The van der Waals surface area contributed by atoms with Gasteiger partial charge in [0.1, 0.15) is 0 Å². The zero-order valence-corrected chi connectivity index (χ0v) is 12.1. The molecular weight excluding hydrogens is 285 g/mol. The molecule has 1 aliphatic heterocycles. The molecule has 4 N–H and O–H groups in total. The van der Waals surface area contributed by atoms with Gasteiger partial charge in [0, 0.05) is 18.0 Å². The highest BCUT2D eigenvalue weighted by molar-refractivity contribution is 6.37. The van der Waals surface area contributed by atoms with Crippen LogP contribution in [-0.2, 0) is 0 Å². The van der Waals surface area contributed by atoms with E-state index in [1.165, 1.54) is 0 Å². The summed E-state index contributed by atoms with van der Waals surface area (Å²) in [6.07, 6.45) is 3.77. The monoisotopic (exact) mass is 299 g/mol. The molecule has 0 atom stereocenters. The third kappa shape index (κ3) is 3.28. The minimum absolute atomic E-state index is 0.369. The third-order valence-corrected chi connectivity index (χ3v) is 3.19. The number of nitrogen functional groups attached to an aromatic ring is 1. The molecule has 0 bridgehead atoms.